The number of benzene rings is 1. The largest absolute Gasteiger partial charge is 0.378 e. The Hall–Kier alpha value is -1.43. The molecule has 1 saturated heterocycles. The normalized spacial score (nSPS) is 22.1. The van der Waals surface area contributed by atoms with Gasteiger partial charge in [-0.2, -0.15) is 0 Å². The summed E-state index contributed by atoms with van der Waals surface area (Å²) in [6, 6.07) is 10.9. The van der Waals surface area contributed by atoms with Gasteiger partial charge in [0.1, 0.15) is 5.01 Å². The third-order valence-electron chi connectivity index (χ3n) is 4.09. The van der Waals surface area contributed by atoms with E-state index >= 15 is 0 Å². The molecule has 2 aliphatic rings. The Morgan fingerprint density at radius 3 is 3.00 bits per heavy atom. The first-order chi connectivity index (χ1) is 10.4. The van der Waals surface area contributed by atoms with Crippen LogP contribution < -0.4 is 10.2 Å². The minimum absolute atomic E-state index is 0.277. The highest BCUT2D eigenvalue weighted by Crippen LogP contribution is 2.31. The zero-order valence-corrected chi connectivity index (χ0v) is 12.7. The fourth-order valence-electron chi connectivity index (χ4n) is 2.95. The van der Waals surface area contributed by atoms with Gasteiger partial charge in [-0.05, 0) is 12.1 Å². The van der Waals surface area contributed by atoms with Gasteiger partial charge in [-0.15, -0.1) is 11.3 Å². The number of ether oxygens (including phenoxy) is 1. The fraction of sp³-hybridized carbons (Fsp3) is 0.438. The topological polar surface area (TPSA) is 37.4 Å². The van der Waals surface area contributed by atoms with Gasteiger partial charge in [-0.1, -0.05) is 18.2 Å². The summed E-state index contributed by atoms with van der Waals surface area (Å²) in [6.07, 6.45) is 1.04. The first-order valence-corrected chi connectivity index (χ1v) is 8.31. The van der Waals surface area contributed by atoms with Crippen LogP contribution in [0.1, 0.15) is 21.6 Å². The molecule has 0 bridgehead atoms. The summed E-state index contributed by atoms with van der Waals surface area (Å²) in [5.41, 5.74) is 2.59. The molecular weight excluding hydrogens is 282 g/mol. The molecule has 1 aromatic heterocycles. The van der Waals surface area contributed by atoms with Crippen LogP contribution >= 0.6 is 11.3 Å². The number of anilines is 1. The minimum Gasteiger partial charge on any atom is -0.378 e. The Kier molecular flexibility index (Phi) is 3.63. The van der Waals surface area contributed by atoms with E-state index in [4.69, 9.17) is 9.72 Å². The first-order valence-electron chi connectivity index (χ1n) is 7.50. The Balaban J connectivity index is 1.54. The summed E-state index contributed by atoms with van der Waals surface area (Å²) in [7, 11) is 0. The van der Waals surface area contributed by atoms with Crippen molar-refractivity contribution in [3.8, 4) is 0 Å². The van der Waals surface area contributed by atoms with Gasteiger partial charge in [0.25, 0.3) is 0 Å². The molecule has 21 heavy (non-hydrogen) atoms. The van der Waals surface area contributed by atoms with Crippen molar-refractivity contribution in [1.82, 2.24) is 10.3 Å². The lowest BCUT2D eigenvalue weighted by Gasteiger charge is -2.28. The van der Waals surface area contributed by atoms with Gasteiger partial charge in [0.2, 0.25) is 0 Å². The Bertz CT molecular complexity index is 607. The number of hydrogen-bond acceptors (Lipinski definition) is 5. The monoisotopic (exact) mass is 301 g/mol. The number of thiazole rings is 1. The highest BCUT2D eigenvalue weighted by atomic mass is 32.1. The number of rotatable bonds is 2. The molecule has 110 valence electrons. The van der Waals surface area contributed by atoms with Crippen LogP contribution in [-0.4, -0.2) is 31.3 Å². The molecule has 0 spiro atoms. The molecule has 4 nitrogen and oxygen atoms in total. The lowest BCUT2D eigenvalue weighted by atomic mass is 10.1. The number of aromatic nitrogens is 1. The molecule has 0 saturated carbocycles. The zero-order valence-electron chi connectivity index (χ0n) is 11.9. The first kappa shape index (κ1) is 13.2. The lowest BCUT2D eigenvalue weighted by Crippen LogP contribution is -2.34. The van der Waals surface area contributed by atoms with E-state index < -0.39 is 0 Å². The van der Waals surface area contributed by atoms with Crippen LogP contribution in [0.15, 0.2) is 30.3 Å². The quantitative estimate of drug-likeness (QED) is 0.924. The molecule has 0 amide bonds. The van der Waals surface area contributed by atoms with E-state index in [1.54, 1.807) is 0 Å². The molecular formula is C16H19N3OS. The second-order valence-electron chi connectivity index (χ2n) is 5.51. The number of para-hydroxylation sites is 1. The average molecular weight is 301 g/mol. The van der Waals surface area contributed by atoms with Gasteiger partial charge in [0.15, 0.2) is 0 Å². The summed E-state index contributed by atoms with van der Waals surface area (Å²) in [5.74, 6) is 0. The van der Waals surface area contributed by atoms with Crippen LogP contribution in [0, 0.1) is 0 Å². The molecule has 2 aliphatic heterocycles. The van der Waals surface area contributed by atoms with Crippen LogP contribution in [0.3, 0.4) is 0 Å². The molecule has 0 radical (unpaired) electrons. The fourth-order valence-corrected chi connectivity index (χ4v) is 4.14. The highest BCUT2D eigenvalue weighted by molar-refractivity contribution is 7.11. The molecule has 0 aliphatic carbocycles. The number of nitrogens with one attached hydrogen (secondary N) is 1. The van der Waals surface area contributed by atoms with Crippen molar-refractivity contribution in [1.29, 1.82) is 0 Å². The maximum absolute atomic E-state index is 5.55. The number of nitrogens with zero attached hydrogens (tertiary/aromatic N) is 2. The van der Waals surface area contributed by atoms with Crippen molar-refractivity contribution in [2.75, 3.05) is 31.2 Å². The van der Waals surface area contributed by atoms with Crippen LogP contribution in [0.25, 0.3) is 0 Å². The van der Waals surface area contributed by atoms with Crippen molar-refractivity contribution in [3.05, 3.63) is 45.9 Å². The van der Waals surface area contributed by atoms with E-state index in [0.29, 0.717) is 0 Å². The van der Waals surface area contributed by atoms with Crippen molar-refractivity contribution >= 4 is 17.0 Å². The van der Waals surface area contributed by atoms with Gasteiger partial charge < -0.3 is 15.0 Å². The van der Waals surface area contributed by atoms with E-state index in [9.17, 15) is 0 Å². The molecule has 1 atom stereocenters. The minimum atomic E-state index is 0.277. The van der Waals surface area contributed by atoms with Crippen molar-refractivity contribution < 1.29 is 4.74 Å². The second kappa shape index (κ2) is 5.75. The van der Waals surface area contributed by atoms with Gasteiger partial charge in [-0.25, -0.2) is 4.98 Å². The van der Waals surface area contributed by atoms with E-state index in [-0.39, 0.29) is 6.04 Å². The van der Waals surface area contributed by atoms with E-state index in [2.05, 4.69) is 40.5 Å². The van der Waals surface area contributed by atoms with Crippen molar-refractivity contribution in [2.24, 2.45) is 0 Å². The molecule has 2 aromatic rings. The highest BCUT2D eigenvalue weighted by Gasteiger charge is 2.25. The Labute approximate surface area is 128 Å². The van der Waals surface area contributed by atoms with Crippen molar-refractivity contribution in [3.63, 3.8) is 0 Å². The predicted molar refractivity (Wildman–Crippen MR) is 84.9 cm³/mol. The summed E-state index contributed by atoms with van der Waals surface area (Å²) in [6.45, 7) is 4.50. The third-order valence-corrected chi connectivity index (χ3v) is 5.28. The maximum Gasteiger partial charge on any atom is 0.113 e. The molecule has 1 fully saturated rings. The van der Waals surface area contributed by atoms with Gasteiger partial charge in [0, 0.05) is 30.1 Å². The molecule has 4 rings (SSSR count). The third kappa shape index (κ3) is 2.69. The van der Waals surface area contributed by atoms with Crippen molar-refractivity contribution in [2.45, 2.75) is 19.0 Å². The average Bonchev–Trinajstić information content (AvgIpc) is 2.99. The zero-order chi connectivity index (χ0) is 14.1. The van der Waals surface area contributed by atoms with E-state index in [0.717, 1.165) is 39.3 Å². The second-order valence-corrected chi connectivity index (χ2v) is 6.63. The molecule has 3 heterocycles. The van der Waals surface area contributed by atoms with Gasteiger partial charge in [-0.3, -0.25) is 0 Å². The number of morpholine rings is 1. The summed E-state index contributed by atoms with van der Waals surface area (Å²) >= 11 is 1.84. The van der Waals surface area contributed by atoms with Crippen LogP contribution in [0.4, 0.5) is 5.69 Å². The number of fused-ring (bicyclic) bond motifs is 1. The van der Waals surface area contributed by atoms with Crippen LogP contribution in [-0.2, 0) is 17.7 Å². The smallest absolute Gasteiger partial charge is 0.113 e. The molecule has 1 aromatic carbocycles. The number of hydrogen-bond donors (Lipinski definition) is 1. The maximum atomic E-state index is 5.55. The summed E-state index contributed by atoms with van der Waals surface area (Å²) < 4.78 is 5.55. The van der Waals surface area contributed by atoms with E-state index in [1.165, 1.54) is 21.3 Å². The molecule has 1 unspecified atom stereocenters. The molecule has 1 N–H and O–H groups in total. The summed E-state index contributed by atoms with van der Waals surface area (Å²) in [5, 5.41) is 4.69. The Morgan fingerprint density at radius 2 is 2.19 bits per heavy atom. The van der Waals surface area contributed by atoms with Crippen LogP contribution in [0.2, 0.25) is 0 Å². The standard InChI is InChI=1S/C16H19N3OS/c1-2-4-12(5-3-1)19-8-6-13-15(10-19)21-16(18-13)14-11-20-9-7-17-14/h1-5,14,17H,6-11H2. The summed E-state index contributed by atoms with van der Waals surface area (Å²) in [4.78, 5) is 8.70. The van der Waals surface area contributed by atoms with Gasteiger partial charge in [0.05, 0.1) is 31.5 Å². The molecule has 5 heteroatoms. The van der Waals surface area contributed by atoms with Gasteiger partial charge >= 0.3 is 0 Å². The Morgan fingerprint density at radius 1 is 1.29 bits per heavy atom. The predicted octanol–water partition coefficient (Wildman–Crippen LogP) is 2.37. The van der Waals surface area contributed by atoms with E-state index in [1.807, 2.05) is 11.3 Å². The lowest BCUT2D eigenvalue weighted by molar-refractivity contribution is 0.0767. The van der Waals surface area contributed by atoms with Crippen LogP contribution in [0.5, 0.6) is 0 Å². The SMILES string of the molecule is c1ccc(N2CCc3nc(C4COCCN4)sc3C2)cc1.